The van der Waals surface area contributed by atoms with Crippen molar-refractivity contribution in [1.82, 2.24) is 9.97 Å². The van der Waals surface area contributed by atoms with Crippen molar-refractivity contribution in [3.63, 3.8) is 0 Å². The fourth-order valence-corrected chi connectivity index (χ4v) is 3.01. The van der Waals surface area contributed by atoms with Crippen molar-refractivity contribution in [1.29, 1.82) is 0 Å². The monoisotopic (exact) mass is 308 g/mol. The van der Waals surface area contributed by atoms with E-state index in [9.17, 15) is 0 Å². The summed E-state index contributed by atoms with van der Waals surface area (Å²) in [5.74, 6) is 1.23. The number of halogens is 1. The summed E-state index contributed by atoms with van der Waals surface area (Å²) in [4.78, 5) is 10.3. The lowest BCUT2D eigenvalue weighted by Gasteiger charge is -2.06. The molecular weight excluding hydrogens is 300 g/mol. The normalized spacial score (nSPS) is 10.8. The van der Waals surface area contributed by atoms with Crippen LogP contribution in [-0.4, -0.2) is 16.2 Å². The number of nitrogens with zero attached hydrogens (tertiary/aromatic N) is 2. The van der Waals surface area contributed by atoms with Crippen LogP contribution in [0.5, 0.6) is 11.6 Å². The molecule has 0 spiro atoms. The van der Waals surface area contributed by atoms with Crippen LogP contribution in [0.25, 0.3) is 10.2 Å². The molecule has 0 atom stereocenters. The Balaban J connectivity index is 1.97. The Bertz CT molecular complexity index is 712. The molecule has 96 valence electrons. The standard InChI is InChI=1S/C13H9ClN2OS2/c1-18-9-4-2-8(3-5-9)17-11-10-6-7-19-12(10)16-13(14)15-11/h2-7H,1H3. The van der Waals surface area contributed by atoms with E-state index in [4.69, 9.17) is 16.3 Å². The first-order valence-corrected chi connectivity index (χ1v) is 7.97. The van der Waals surface area contributed by atoms with E-state index in [1.807, 2.05) is 42.0 Å². The third kappa shape index (κ3) is 2.68. The van der Waals surface area contributed by atoms with E-state index in [1.54, 1.807) is 11.8 Å². The number of fused-ring (bicyclic) bond motifs is 1. The van der Waals surface area contributed by atoms with Gasteiger partial charge in [-0.3, -0.25) is 0 Å². The second-order valence-electron chi connectivity index (χ2n) is 3.71. The fourth-order valence-electron chi connectivity index (χ4n) is 1.64. The van der Waals surface area contributed by atoms with E-state index in [1.165, 1.54) is 16.2 Å². The SMILES string of the molecule is CSc1ccc(Oc2nc(Cl)nc3sccc23)cc1. The van der Waals surface area contributed by atoms with E-state index >= 15 is 0 Å². The fraction of sp³-hybridized carbons (Fsp3) is 0.0769. The van der Waals surface area contributed by atoms with Crippen LogP contribution in [-0.2, 0) is 0 Å². The molecule has 3 rings (SSSR count). The summed E-state index contributed by atoms with van der Waals surface area (Å²) in [6.45, 7) is 0. The van der Waals surface area contributed by atoms with Gasteiger partial charge in [-0.2, -0.15) is 4.98 Å². The van der Waals surface area contributed by atoms with E-state index in [0.717, 1.165) is 16.0 Å². The van der Waals surface area contributed by atoms with Gasteiger partial charge in [0.25, 0.3) is 0 Å². The summed E-state index contributed by atoms with van der Waals surface area (Å²) < 4.78 is 5.79. The van der Waals surface area contributed by atoms with E-state index < -0.39 is 0 Å². The van der Waals surface area contributed by atoms with Crippen LogP contribution >= 0.6 is 34.7 Å². The zero-order valence-electron chi connectivity index (χ0n) is 9.96. The van der Waals surface area contributed by atoms with Gasteiger partial charge in [-0.15, -0.1) is 23.1 Å². The quantitative estimate of drug-likeness (QED) is 0.511. The predicted molar refractivity (Wildman–Crippen MR) is 80.7 cm³/mol. The molecule has 3 aromatic rings. The van der Waals surface area contributed by atoms with Gasteiger partial charge < -0.3 is 4.74 Å². The topological polar surface area (TPSA) is 35.0 Å². The Morgan fingerprint density at radius 1 is 1.16 bits per heavy atom. The van der Waals surface area contributed by atoms with Crippen LogP contribution in [0.2, 0.25) is 5.28 Å². The lowest BCUT2D eigenvalue weighted by Crippen LogP contribution is -1.91. The maximum absolute atomic E-state index is 5.90. The Kier molecular flexibility index (Phi) is 3.59. The molecule has 0 amide bonds. The highest BCUT2D eigenvalue weighted by molar-refractivity contribution is 7.98. The lowest BCUT2D eigenvalue weighted by atomic mass is 10.3. The van der Waals surface area contributed by atoms with Crippen molar-refractivity contribution < 1.29 is 4.74 Å². The second-order valence-corrected chi connectivity index (χ2v) is 5.83. The maximum Gasteiger partial charge on any atom is 0.232 e. The highest BCUT2D eigenvalue weighted by Crippen LogP contribution is 2.31. The summed E-state index contributed by atoms with van der Waals surface area (Å²) in [6, 6.07) is 9.78. The molecule has 0 saturated heterocycles. The van der Waals surface area contributed by atoms with Gasteiger partial charge in [0.15, 0.2) is 0 Å². The Morgan fingerprint density at radius 3 is 2.68 bits per heavy atom. The largest absolute Gasteiger partial charge is 0.438 e. The smallest absolute Gasteiger partial charge is 0.232 e. The number of thioether (sulfide) groups is 1. The first-order chi connectivity index (χ1) is 9.26. The average Bonchev–Trinajstić information content (AvgIpc) is 2.88. The number of ether oxygens (including phenoxy) is 1. The van der Waals surface area contributed by atoms with Crippen LogP contribution in [0.4, 0.5) is 0 Å². The first kappa shape index (κ1) is 12.7. The molecule has 2 aromatic heterocycles. The van der Waals surface area contributed by atoms with E-state index in [0.29, 0.717) is 5.88 Å². The summed E-state index contributed by atoms with van der Waals surface area (Å²) in [7, 11) is 0. The van der Waals surface area contributed by atoms with Gasteiger partial charge in [0.05, 0.1) is 5.39 Å². The van der Waals surface area contributed by atoms with Crippen molar-refractivity contribution in [3.05, 3.63) is 41.0 Å². The van der Waals surface area contributed by atoms with E-state index in [2.05, 4.69) is 9.97 Å². The van der Waals surface area contributed by atoms with Gasteiger partial charge in [0, 0.05) is 4.90 Å². The van der Waals surface area contributed by atoms with Crippen molar-refractivity contribution in [2.24, 2.45) is 0 Å². The third-order valence-electron chi connectivity index (χ3n) is 2.54. The molecule has 0 N–H and O–H groups in total. The zero-order valence-corrected chi connectivity index (χ0v) is 12.4. The minimum absolute atomic E-state index is 0.200. The van der Waals surface area contributed by atoms with Crippen LogP contribution in [0.3, 0.4) is 0 Å². The molecule has 1 aromatic carbocycles. The van der Waals surface area contributed by atoms with Crippen molar-refractivity contribution >= 4 is 44.9 Å². The van der Waals surface area contributed by atoms with Gasteiger partial charge in [-0.05, 0) is 53.6 Å². The van der Waals surface area contributed by atoms with Crippen LogP contribution in [0.15, 0.2) is 40.6 Å². The molecule has 0 fully saturated rings. The van der Waals surface area contributed by atoms with E-state index in [-0.39, 0.29) is 5.28 Å². The molecule has 2 heterocycles. The minimum Gasteiger partial charge on any atom is -0.438 e. The zero-order chi connectivity index (χ0) is 13.2. The Morgan fingerprint density at radius 2 is 1.95 bits per heavy atom. The van der Waals surface area contributed by atoms with Crippen LogP contribution in [0.1, 0.15) is 0 Å². The summed E-state index contributed by atoms with van der Waals surface area (Å²) in [5, 5.41) is 3.02. The van der Waals surface area contributed by atoms with Gasteiger partial charge in [0.1, 0.15) is 10.6 Å². The highest BCUT2D eigenvalue weighted by Gasteiger charge is 2.09. The highest BCUT2D eigenvalue weighted by atomic mass is 35.5. The van der Waals surface area contributed by atoms with Crippen LogP contribution < -0.4 is 4.74 Å². The second kappa shape index (κ2) is 5.36. The van der Waals surface area contributed by atoms with Gasteiger partial charge in [0.2, 0.25) is 11.2 Å². The first-order valence-electron chi connectivity index (χ1n) is 5.49. The van der Waals surface area contributed by atoms with Gasteiger partial charge in [-0.25, -0.2) is 4.98 Å². The molecule has 0 unspecified atom stereocenters. The molecule has 0 radical (unpaired) electrons. The molecule has 19 heavy (non-hydrogen) atoms. The molecular formula is C13H9ClN2OS2. The van der Waals surface area contributed by atoms with Gasteiger partial charge in [-0.1, -0.05) is 0 Å². The third-order valence-corrected chi connectivity index (χ3v) is 4.26. The minimum atomic E-state index is 0.200. The van der Waals surface area contributed by atoms with Crippen molar-refractivity contribution in [3.8, 4) is 11.6 Å². The molecule has 6 heteroatoms. The summed E-state index contributed by atoms with van der Waals surface area (Å²) in [6.07, 6.45) is 2.04. The molecule has 0 aliphatic carbocycles. The molecule has 0 saturated carbocycles. The molecule has 0 aliphatic heterocycles. The summed E-state index contributed by atoms with van der Waals surface area (Å²) >= 11 is 9.10. The number of hydrogen-bond acceptors (Lipinski definition) is 5. The molecule has 0 aliphatic rings. The predicted octanol–water partition coefficient (Wildman–Crippen LogP) is 4.86. The van der Waals surface area contributed by atoms with Crippen molar-refractivity contribution in [2.45, 2.75) is 4.90 Å². The number of thiophene rings is 1. The average molecular weight is 309 g/mol. The Labute approximate surface area is 123 Å². The lowest BCUT2D eigenvalue weighted by molar-refractivity contribution is 0.468. The maximum atomic E-state index is 5.90. The van der Waals surface area contributed by atoms with Crippen LogP contribution in [0, 0.1) is 0 Å². The van der Waals surface area contributed by atoms with Gasteiger partial charge >= 0.3 is 0 Å². The molecule has 0 bridgehead atoms. The number of rotatable bonds is 3. The number of benzene rings is 1. The summed E-state index contributed by atoms with van der Waals surface area (Å²) in [5.41, 5.74) is 0. The Hall–Kier alpha value is -1.30. The molecule has 3 nitrogen and oxygen atoms in total. The van der Waals surface area contributed by atoms with Crippen molar-refractivity contribution in [2.75, 3.05) is 6.26 Å². The number of aromatic nitrogens is 2. The number of hydrogen-bond donors (Lipinski definition) is 0.